The largest absolute Gasteiger partial charge is 0.290 e. The van der Waals surface area contributed by atoms with Crippen molar-refractivity contribution in [3.05, 3.63) is 27.9 Å². The number of nitrogens with zero attached hydrogens (tertiary/aromatic N) is 3. The van der Waals surface area contributed by atoms with E-state index in [4.69, 9.17) is 0 Å². The van der Waals surface area contributed by atoms with E-state index >= 15 is 0 Å². The van der Waals surface area contributed by atoms with Crippen molar-refractivity contribution in [1.82, 2.24) is 14.4 Å². The molecular weight excluding hydrogens is 253 g/mol. The van der Waals surface area contributed by atoms with Crippen molar-refractivity contribution in [2.75, 3.05) is 0 Å². The van der Waals surface area contributed by atoms with Crippen LogP contribution in [0.5, 0.6) is 0 Å². The fourth-order valence-corrected chi connectivity index (χ4v) is 1.45. The van der Waals surface area contributed by atoms with Gasteiger partial charge >= 0.3 is 0 Å². The van der Waals surface area contributed by atoms with Crippen LogP contribution in [0.3, 0.4) is 0 Å². The van der Waals surface area contributed by atoms with Crippen LogP contribution in [0.1, 0.15) is 5.69 Å². The molecule has 2 aromatic rings. The predicted octanol–water partition coefficient (Wildman–Crippen LogP) is 1.64. The molecular formula is C7H6IN3. The van der Waals surface area contributed by atoms with Crippen LogP contribution >= 0.6 is 22.6 Å². The van der Waals surface area contributed by atoms with E-state index in [1.54, 1.807) is 0 Å². The van der Waals surface area contributed by atoms with E-state index in [9.17, 15) is 0 Å². The van der Waals surface area contributed by atoms with Crippen molar-refractivity contribution in [1.29, 1.82) is 0 Å². The highest BCUT2D eigenvalue weighted by molar-refractivity contribution is 14.1. The fraction of sp³-hybridized carbons (Fsp3) is 0.143. The first-order valence-electron chi connectivity index (χ1n) is 3.23. The fourth-order valence-electron chi connectivity index (χ4n) is 0.930. The van der Waals surface area contributed by atoms with E-state index in [1.807, 2.05) is 29.8 Å². The maximum absolute atomic E-state index is 4.24. The van der Waals surface area contributed by atoms with Gasteiger partial charge in [-0.2, -0.15) is 0 Å². The average molecular weight is 259 g/mol. The minimum atomic E-state index is 0.773. The zero-order valence-corrected chi connectivity index (χ0v) is 8.11. The summed E-state index contributed by atoms with van der Waals surface area (Å²) < 4.78 is 2.88. The first-order valence-corrected chi connectivity index (χ1v) is 4.31. The Hall–Kier alpha value is -0.650. The molecule has 0 aliphatic carbocycles. The van der Waals surface area contributed by atoms with E-state index in [2.05, 4.69) is 32.6 Å². The van der Waals surface area contributed by atoms with Gasteiger partial charge in [-0.3, -0.25) is 4.40 Å². The van der Waals surface area contributed by atoms with Crippen LogP contribution in [0, 0.1) is 10.6 Å². The van der Waals surface area contributed by atoms with Crippen LogP contribution < -0.4 is 0 Å². The third-order valence-corrected chi connectivity index (χ3v) is 1.96. The number of imidazole rings is 1. The Morgan fingerprint density at radius 2 is 2.27 bits per heavy atom. The molecule has 56 valence electrons. The second-order valence-corrected chi connectivity index (χ2v) is 3.45. The monoisotopic (exact) mass is 259 g/mol. The van der Waals surface area contributed by atoms with E-state index in [1.165, 1.54) is 0 Å². The van der Waals surface area contributed by atoms with E-state index in [0.29, 0.717) is 0 Å². The van der Waals surface area contributed by atoms with Crippen molar-refractivity contribution >= 4 is 28.4 Å². The normalized spacial score (nSPS) is 10.7. The molecule has 2 aromatic heterocycles. The second kappa shape index (κ2) is 2.44. The van der Waals surface area contributed by atoms with E-state index in [-0.39, 0.29) is 0 Å². The summed E-state index contributed by atoms with van der Waals surface area (Å²) in [5.41, 5.74) is 1.000. The maximum atomic E-state index is 4.24. The van der Waals surface area contributed by atoms with Crippen LogP contribution in [0.15, 0.2) is 18.5 Å². The Morgan fingerprint density at radius 1 is 1.45 bits per heavy atom. The molecule has 0 aliphatic rings. The van der Waals surface area contributed by atoms with Crippen molar-refractivity contribution in [2.24, 2.45) is 0 Å². The molecule has 0 radical (unpaired) electrons. The highest BCUT2D eigenvalue weighted by Gasteiger charge is 1.97. The van der Waals surface area contributed by atoms with Gasteiger partial charge in [-0.1, -0.05) is 0 Å². The van der Waals surface area contributed by atoms with Gasteiger partial charge in [-0.15, -0.1) is 0 Å². The minimum absolute atomic E-state index is 0.773. The quantitative estimate of drug-likeness (QED) is 0.673. The summed E-state index contributed by atoms with van der Waals surface area (Å²) in [5.74, 6) is 0.773. The molecule has 2 rings (SSSR count). The van der Waals surface area contributed by atoms with Gasteiger partial charge in [0.1, 0.15) is 3.70 Å². The molecule has 0 atom stereocenters. The van der Waals surface area contributed by atoms with Gasteiger partial charge in [0.2, 0.25) is 5.78 Å². The minimum Gasteiger partial charge on any atom is -0.290 e. The Kier molecular flexibility index (Phi) is 1.56. The summed E-state index contributed by atoms with van der Waals surface area (Å²) in [6.07, 6.45) is 3.91. The molecule has 0 unspecified atom stereocenters. The van der Waals surface area contributed by atoms with Crippen molar-refractivity contribution in [3.8, 4) is 0 Å². The Morgan fingerprint density at radius 3 is 3.09 bits per heavy atom. The van der Waals surface area contributed by atoms with Crippen molar-refractivity contribution in [2.45, 2.75) is 6.92 Å². The molecule has 0 saturated heterocycles. The third-order valence-electron chi connectivity index (χ3n) is 1.44. The molecule has 0 bridgehead atoms. The number of aryl methyl sites for hydroxylation is 1. The molecule has 3 nitrogen and oxygen atoms in total. The smallest absolute Gasteiger partial charge is 0.234 e. The molecule has 0 amide bonds. The molecule has 2 heterocycles. The van der Waals surface area contributed by atoms with Crippen molar-refractivity contribution in [3.63, 3.8) is 0 Å². The number of halogens is 1. The molecule has 0 N–H and O–H groups in total. The van der Waals surface area contributed by atoms with Crippen LogP contribution in [0.25, 0.3) is 5.78 Å². The molecule has 0 aliphatic heterocycles. The molecule has 4 heteroatoms. The summed E-state index contributed by atoms with van der Waals surface area (Å²) in [7, 11) is 0. The standard InChI is InChI=1S/C7H6IN3/c1-5-2-3-11-4-6(8)10-7(11)9-5/h2-4H,1H3. The summed E-state index contributed by atoms with van der Waals surface area (Å²) in [6, 6.07) is 1.96. The van der Waals surface area contributed by atoms with Crippen molar-refractivity contribution < 1.29 is 0 Å². The zero-order chi connectivity index (χ0) is 7.84. The summed E-state index contributed by atoms with van der Waals surface area (Å²) in [6.45, 7) is 1.96. The molecule has 0 saturated carbocycles. The molecule has 0 aromatic carbocycles. The lowest BCUT2D eigenvalue weighted by Crippen LogP contribution is -1.88. The van der Waals surface area contributed by atoms with Gasteiger partial charge < -0.3 is 0 Å². The Labute approximate surface area is 77.6 Å². The molecule has 0 spiro atoms. The van der Waals surface area contributed by atoms with Gasteiger partial charge in [0.15, 0.2) is 0 Å². The lowest BCUT2D eigenvalue weighted by molar-refractivity contribution is 1.07. The number of aromatic nitrogens is 3. The lowest BCUT2D eigenvalue weighted by atomic mass is 10.5. The second-order valence-electron chi connectivity index (χ2n) is 2.34. The lowest BCUT2D eigenvalue weighted by Gasteiger charge is -1.91. The first kappa shape index (κ1) is 7.02. The summed E-state index contributed by atoms with van der Waals surface area (Å²) in [5, 5.41) is 0. The highest BCUT2D eigenvalue weighted by atomic mass is 127. The summed E-state index contributed by atoms with van der Waals surface area (Å²) >= 11 is 2.17. The average Bonchev–Trinajstić information content (AvgIpc) is 2.27. The number of rotatable bonds is 0. The van der Waals surface area contributed by atoms with Crippen LogP contribution in [-0.2, 0) is 0 Å². The van der Waals surface area contributed by atoms with Gasteiger partial charge in [-0.25, -0.2) is 9.97 Å². The topological polar surface area (TPSA) is 30.2 Å². The first-order chi connectivity index (χ1) is 5.25. The van der Waals surface area contributed by atoms with E-state index in [0.717, 1.165) is 15.2 Å². The van der Waals surface area contributed by atoms with Gasteiger partial charge in [0.05, 0.1) is 0 Å². The number of hydrogen-bond donors (Lipinski definition) is 0. The highest BCUT2D eigenvalue weighted by Crippen LogP contribution is 2.05. The molecule has 11 heavy (non-hydrogen) atoms. The van der Waals surface area contributed by atoms with Gasteiger partial charge in [0.25, 0.3) is 0 Å². The molecule has 0 fully saturated rings. The van der Waals surface area contributed by atoms with Crippen LogP contribution in [0.2, 0.25) is 0 Å². The zero-order valence-electron chi connectivity index (χ0n) is 5.95. The third kappa shape index (κ3) is 1.22. The van der Waals surface area contributed by atoms with Crippen LogP contribution in [-0.4, -0.2) is 14.4 Å². The number of hydrogen-bond acceptors (Lipinski definition) is 2. The maximum Gasteiger partial charge on any atom is 0.234 e. The van der Waals surface area contributed by atoms with Gasteiger partial charge in [0, 0.05) is 18.1 Å². The Balaban J connectivity index is 2.82. The van der Waals surface area contributed by atoms with Gasteiger partial charge in [-0.05, 0) is 35.6 Å². The Bertz CT molecular complexity index is 393. The summed E-state index contributed by atoms with van der Waals surface area (Å²) in [4.78, 5) is 8.46. The SMILES string of the molecule is Cc1ccn2cc(I)nc2n1. The van der Waals surface area contributed by atoms with Crippen LogP contribution in [0.4, 0.5) is 0 Å². The predicted molar refractivity (Wildman–Crippen MR) is 50.4 cm³/mol. The van der Waals surface area contributed by atoms with E-state index < -0.39 is 0 Å². The number of fused-ring (bicyclic) bond motifs is 1.